The lowest BCUT2D eigenvalue weighted by molar-refractivity contribution is 0.0694. The molecular weight excluding hydrogens is 520 g/mol. The standard InChI is InChI=1S/C29H32N2O7S/c1-6-30-22-11-10-19-25(18-9-8-17(26(32)15(3)4)13-20(18)29(33)34)21-12-16(5)23(31-7-2)14-24(21)38-27(19)28(22)39(35,36)37/h8-15,19,25,31H,6-7H2,1-5H3,(H,33,34)(H,35,36,37)/b30-22+. The molecule has 1 aliphatic carbocycles. The van der Waals surface area contributed by atoms with Crippen LogP contribution < -0.4 is 10.1 Å². The lowest BCUT2D eigenvalue weighted by Crippen LogP contribution is -2.32. The van der Waals surface area contributed by atoms with Crippen LogP contribution in [0.25, 0.3) is 0 Å². The van der Waals surface area contributed by atoms with Gasteiger partial charge in [0.1, 0.15) is 11.5 Å². The first-order valence-corrected chi connectivity index (χ1v) is 14.2. The predicted octanol–water partition coefficient (Wildman–Crippen LogP) is 5.23. The van der Waals surface area contributed by atoms with Crippen molar-refractivity contribution in [2.75, 3.05) is 18.4 Å². The van der Waals surface area contributed by atoms with Crippen molar-refractivity contribution in [1.29, 1.82) is 0 Å². The molecule has 1 aliphatic heterocycles. The first-order chi connectivity index (χ1) is 18.4. The monoisotopic (exact) mass is 552 g/mol. The van der Waals surface area contributed by atoms with E-state index < -0.39 is 32.8 Å². The van der Waals surface area contributed by atoms with Gasteiger partial charge in [0, 0.05) is 53.7 Å². The number of aliphatic imine (C=N–C) groups is 1. The number of fused-ring (bicyclic) bond motifs is 2. The summed E-state index contributed by atoms with van der Waals surface area (Å²) in [5.41, 5.74) is 2.98. The summed E-state index contributed by atoms with van der Waals surface area (Å²) in [6.07, 6.45) is 3.23. The van der Waals surface area contributed by atoms with Gasteiger partial charge in [-0.25, -0.2) is 4.79 Å². The minimum absolute atomic E-state index is 0.0327. The number of Topliss-reactive ketones (excluding diaryl/α,β-unsaturated/α-hetero) is 1. The number of carbonyl (C=O) groups is 2. The van der Waals surface area contributed by atoms with Gasteiger partial charge in [-0.1, -0.05) is 32.1 Å². The number of carboxylic acid groups (broad SMARTS) is 1. The van der Waals surface area contributed by atoms with Crippen molar-refractivity contribution in [2.45, 2.75) is 40.5 Å². The summed E-state index contributed by atoms with van der Waals surface area (Å²) >= 11 is 0. The average Bonchev–Trinajstić information content (AvgIpc) is 2.86. The number of nitrogens with zero attached hydrogens (tertiary/aromatic N) is 1. The van der Waals surface area contributed by atoms with Crippen molar-refractivity contribution in [3.8, 4) is 5.75 Å². The molecule has 206 valence electrons. The van der Waals surface area contributed by atoms with E-state index in [1.54, 1.807) is 45.0 Å². The third kappa shape index (κ3) is 5.26. The maximum atomic E-state index is 12.7. The van der Waals surface area contributed by atoms with Crippen molar-refractivity contribution in [3.63, 3.8) is 0 Å². The Balaban J connectivity index is 2.06. The van der Waals surface area contributed by atoms with E-state index in [1.165, 1.54) is 12.1 Å². The number of ether oxygens (including phenoxy) is 1. The molecule has 1 heterocycles. The van der Waals surface area contributed by atoms with Gasteiger partial charge in [-0.15, -0.1) is 0 Å². The molecule has 0 saturated carbocycles. The maximum Gasteiger partial charge on any atom is 0.336 e. The van der Waals surface area contributed by atoms with Crippen molar-refractivity contribution in [3.05, 3.63) is 81.0 Å². The first kappa shape index (κ1) is 28.3. The molecular formula is C29H32N2O7S. The summed E-state index contributed by atoms with van der Waals surface area (Å²) < 4.78 is 41.7. The van der Waals surface area contributed by atoms with Gasteiger partial charge in [0.25, 0.3) is 10.1 Å². The summed E-state index contributed by atoms with van der Waals surface area (Å²) in [5, 5.41) is 13.5. The number of carboxylic acids is 1. The van der Waals surface area contributed by atoms with Crippen molar-refractivity contribution in [1.82, 2.24) is 0 Å². The van der Waals surface area contributed by atoms with Crippen molar-refractivity contribution in [2.24, 2.45) is 16.8 Å². The highest BCUT2D eigenvalue weighted by atomic mass is 32.2. The lowest BCUT2D eigenvalue weighted by atomic mass is 9.73. The van der Waals surface area contributed by atoms with Crippen LogP contribution in [0.1, 0.15) is 71.0 Å². The number of rotatable bonds is 8. The highest BCUT2D eigenvalue weighted by molar-refractivity contribution is 7.91. The Kier molecular flexibility index (Phi) is 7.81. The molecule has 2 aromatic rings. The maximum absolute atomic E-state index is 12.7. The zero-order valence-corrected chi connectivity index (χ0v) is 23.3. The zero-order valence-electron chi connectivity index (χ0n) is 22.5. The van der Waals surface area contributed by atoms with Crippen LogP contribution in [0.3, 0.4) is 0 Å². The van der Waals surface area contributed by atoms with Crippen LogP contribution in [-0.2, 0) is 10.1 Å². The van der Waals surface area contributed by atoms with Crippen LogP contribution in [-0.4, -0.2) is 48.6 Å². The molecule has 0 saturated heterocycles. The molecule has 0 amide bonds. The third-order valence-electron chi connectivity index (χ3n) is 6.87. The SMILES string of the molecule is CC/N=C1\C=CC2C(=C1S(=O)(=O)O)Oc1cc(NCC)c(C)cc1C2c1ccc(C(=O)C(C)C)cc1C(=O)O. The van der Waals surface area contributed by atoms with Gasteiger partial charge in [0.15, 0.2) is 10.7 Å². The molecule has 2 aliphatic rings. The van der Waals surface area contributed by atoms with Gasteiger partial charge in [0.2, 0.25) is 0 Å². The Morgan fingerprint density at radius 2 is 1.85 bits per heavy atom. The molecule has 39 heavy (non-hydrogen) atoms. The summed E-state index contributed by atoms with van der Waals surface area (Å²) in [6, 6.07) is 8.23. The molecule has 2 aromatic carbocycles. The second-order valence-electron chi connectivity index (χ2n) is 9.85. The van der Waals surface area contributed by atoms with Crippen LogP contribution in [0.4, 0.5) is 5.69 Å². The van der Waals surface area contributed by atoms with Crippen molar-refractivity contribution < 1.29 is 32.4 Å². The number of aromatic carboxylic acids is 1. The van der Waals surface area contributed by atoms with E-state index in [-0.39, 0.29) is 40.8 Å². The molecule has 3 N–H and O–H groups in total. The molecule has 0 radical (unpaired) electrons. The molecule has 9 nitrogen and oxygen atoms in total. The van der Waals surface area contributed by atoms with Gasteiger partial charge < -0.3 is 15.2 Å². The van der Waals surface area contributed by atoms with Crippen LogP contribution in [0.15, 0.2) is 58.1 Å². The number of nitrogens with one attached hydrogen (secondary N) is 1. The first-order valence-electron chi connectivity index (χ1n) is 12.8. The Morgan fingerprint density at radius 3 is 2.44 bits per heavy atom. The topological polar surface area (TPSA) is 142 Å². The Morgan fingerprint density at radius 1 is 1.13 bits per heavy atom. The summed E-state index contributed by atoms with van der Waals surface area (Å²) in [4.78, 5) is 29.0. The number of ketones is 1. The summed E-state index contributed by atoms with van der Waals surface area (Å²) in [5.74, 6) is -2.88. The molecule has 0 aromatic heterocycles. The summed E-state index contributed by atoms with van der Waals surface area (Å²) in [6.45, 7) is 9.98. The fraction of sp³-hybridized carbons (Fsp3) is 0.345. The van der Waals surface area contributed by atoms with Crippen LogP contribution in [0, 0.1) is 18.8 Å². The predicted molar refractivity (Wildman–Crippen MR) is 150 cm³/mol. The Labute approximate surface area is 228 Å². The molecule has 2 unspecified atom stereocenters. The Bertz CT molecular complexity index is 1550. The molecule has 10 heteroatoms. The molecule has 4 rings (SSSR count). The molecule has 2 atom stereocenters. The Hall–Kier alpha value is -3.76. The lowest BCUT2D eigenvalue weighted by Gasteiger charge is -2.37. The van der Waals surface area contributed by atoms with Gasteiger partial charge in [-0.3, -0.25) is 14.3 Å². The minimum Gasteiger partial charge on any atom is -0.478 e. The number of benzene rings is 2. The van der Waals surface area contributed by atoms with Gasteiger partial charge in [-0.2, -0.15) is 8.42 Å². The molecule has 0 fully saturated rings. The zero-order chi connectivity index (χ0) is 28.6. The third-order valence-corrected chi connectivity index (χ3v) is 7.80. The highest BCUT2D eigenvalue weighted by Gasteiger charge is 2.43. The quantitative estimate of drug-likeness (QED) is 0.298. The van der Waals surface area contributed by atoms with E-state index in [9.17, 15) is 27.7 Å². The van der Waals surface area contributed by atoms with Crippen LogP contribution >= 0.6 is 0 Å². The van der Waals surface area contributed by atoms with E-state index in [0.717, 1.165) is 11.3 Å². The van der Waals surface area contributed by atoms with E-state index in [2.05, 4.69) is 10.3 Å². The normalized spacial score (nSPS) is 19.5. The molecule has 0 bridgehead atoms. The van der Waals surface area contributed by atoms with E-state index >= 15 is 0 Å². The number of hydrogen-bond donors (Lipinski definition) is 3. The fourth-order valence-electron chi connectivity index (χ4n) is 5.16. The highest BCUT2D eigenvalue weighted by Crippen LogP contribution is 2.51. The van der Waals surface area contributed by atoms with Gasteiger partial charge in [-0.05, 0) is 50.1 Å². The number of anilines is 1. The number of hydrogen-bond acceptors (Lipinski definition) is 7. The van der Waals surface area contributed by atoms with Crippen LogP contribution in [0.2, 0.25) is 0 Å². The smallest absolute Gasteiger partial charge is 0.336 e. The number of aryl methyl sites for hydroxylation is 1. The second-order valence-corrected chi connectivity index (χ2v) is 11.2. The van der Waals surface area contributed by atoms with Crippen LogP contribution in [0.5, 0.6) is 5.75 Å². The number of carbonyl (C=O) groups excluding carboxylic acids is 1. The van der Waals surface area contributed by atoms with Crippen molar-refractivity contribution >= 4 is 33.3 Å². The summed E-state index contributed by atoms with van der Waals surface area (Å²) in [7, 11) is -4.76. The van der Waals surface area contributed by atoms with E-state index in [1.807, 2.05) is 19.9 Å². The number of allylic oxidation sites excluding steroid dienone is 3. The fourth-order valence-corrected chi connectivity index (χ4v) is 5.99. The van der Waals surface area contributed by atoms with Gasteiger partial charge in [0.05, 0.1) is 11.3 Å². The van der Waals surface area contributed by atoms with E-state index in [4.69, 9.17) is 4.74 Å². The molecule has 0 spiro atoms. The van der Waals surface area contributed by atoms with E-state index in [0.29, 0.717) is 23.4 Å². The average molecular weight is 553 g/mol. The second kappa shape index (κ2) is 10.8. The minimum atomic E-state index is -4.76. The largest absolute Gasteiger partial charge is 0.478 e. The van der Waals surface area contributed by atoms with Gasteiger partial charge >= 0.3 is 5.97 Å².